The summed E-state index contributed by atoms with van der Waals surface area (Å²) < 4.78 is 78.9. The van der Waals surface area contributed by atoms with E-state index < -0.39 is 45.6 Å². The maximum absolute atomic E-state index is 13.4. The van der Waals surface area contributed by atoms with E-state index in [1.54, 1.807) is 0 Å². The molecule has 1 aromatic rings. The first-order valence-electron chi connectivity index (χ1n) is 4.44. The summed E-state index contributed by atoms with van der Waals surface area (Å²) in [7, 11) is 2.24. The quantitative estimate of drug-likeness (QED) is 0.585. The lowest BCUT2D eigenvalue weighted by molar-refractivity contribution is 0.446. The minimum atomic E-state index is -2.21. The third-order valence-electron chi connectivity index (χ3n) is 2.07. The topological polar surface area (TPSA) is 3.24 Å². The number of rotatable bonds is 2. The molecule has 1 rings (SSSR count). The van der Waals surface area contributed by atoms with Gasteiger partial charge in [0, 0.05) is 14.1 Å². The number of benzene rings is 1. The van der Waals surface area contributed by atoms with Gasteiger partial charge in [-0.3, -0.25) is 0 Å². The van der Waals surface area contributed by atoms with E-state index in [9.17, 15) is 26.3 Å². The van der Waals surface area contributed by atoms with Gasteiger partial charge in [-0.05, 0) is 11.6 Å². The second kappa shape index (κ2) is 5.09. The summed E-state index contributed by atoms with van der Waals surface area (Å²) >= 11 is 4.56. The normalized spacial score (nSPS) is 12.5. The van der Waals surface area contributed by atoms with Crippen molar-refractivity contribution in [2.75, 3.05) is 19.0 Å². The molecule has 0 amide bonds. The Labute approximate surface area is 103 Å². The van der Waals surface area contributed by atoms with E-state index in [4.69, 9.17) is 0 Å². The van der Waals surface area contributed by atoms with Crippen molar-refractivity contribution in [1.82, 2.24) is 0 Å². The van der Waals surface area contributed by atoms with Crippen molar-refractivity contribution in [1.29, 1.82) is 0 Å². The van der Waals surface area contributed by atoms with E-state index in [-0.39, 0.29) is 0 Å². The van der Waals surface area contributed by atoms with Gasteiger partial charge in [0.25, 0.3) is 0 Å². The zero-order valence-corrected chi connectivity index (χ0v) is 9.85. The predicted molar refractivity (Wildman–Crippen MR) is 55.6 cm³/mol. The lowest BCUT2D eigenvalue weighted by Gasteiger charge is -2.17. The summed E-state index contributed by atoms with van der Waals surface area (Å²) in [5.41, 5.74) is -2.86. The van der Waals surface area contributed by atoms with Crippen LogP contribution in [0.1, 0.15) is 5.56 Å². The fourth-order valence-corrected chi connectivity index (χ4v) is 1.39. The molecular formula is C10H6ClF6N. The standard InChI is InChI=1S/C10H6ClF6N/c1-18(2)9-7(15)4(12)3(5(13)8(9)16)6(14)10(11)17/h1-2H3/b10-6-. The maximum atomic E-state index is 13.4. The second-order valence-electron chi connectivity index (χ2n) is 3.45. The van der Waals surface area contributed by atoms with Gasteiger partial charge in [-0.15, -0.1) is 0 Å². The molecule has 0 N–H and O–H groups in total. The first-order valence-corrected chi connectivity index (χ1v) is 4.82. The van der Waals surface area contributed by atoms with Gasteiger partial charge in [0.05, 0.1) is 5.56 Å². The number of nitrogens with zero attached hydrogens (tertiary/aromatic N) is 1. The third kappa shape index (κ3) is 2.27. The lowest BCUT2D eigenvalue weighted by Crippen LogP contribution is -2.16. The fraction of sp³-hybridized carbons (Fsp3) is 0.200. The molecule has 1 nitrogen and oxygen atoms in total. The molecule has 0 unspecified atom stereocenters. The monoisotopic (exact) mass is 289 g/mol. The minimum absolute atomic E-state index is 0.749. The Morgan fingerprint density at radius 1 is 0.889 bits per heavy atom. The van der Waals surface area contributed by atoms with Crippen LogP contribution in [0.15, 0.2) is 5.29 Å². The Bertz CT molecular complexity index is 493. The summed E-state index contributed by atoms with van der Waals surface area (Å²) in [4.78, 5) is 0.749. The van der Waals surface area contributed by atoms with E-state index in [0.29, 0.717) is 0 Å². The highest BCUT2D eigenvalue weighted by atomic mass is 35.5. The molecule has 0 radical (unpaired) electrons. The predicted octanol–water partition coefficient (Wildman–Crippen LogP) is 4.11. The highest BCUT2D eigenvalue weighted by molar-refractivity contribution is 6.30. The van der Waals surface area contributed by atoms with Gasteiger partial charge in [0.1, 0.15) is 5.69 Å². The van der Waals surface area contributed by atoms with Crippen molar-refractivity contribution >= 4 is 23.1 Å². The van der Waals surface area contributed by atoms with E-state index in [2.05, 4.69) is 11.6 Å². The van der Waals surface area contributed by atoms with Crippen LogP contribution in [0.3, 0.4) is 0 Å². The molecule has 0 spiro atoms. The number of halogens is 7. The third-order valence-corrected chi connectivity index (χ3v) is 2.24. The Kier molecular flexibility index (Phi) is 4.16. The van der Waals surface area contributed by atoms with Crippen molar-refractivity contribution in [3.8, 4) is 0 Å². The van der Waals surface area contributed by atoms with Crippen LogP contribution < -0.4 is 4.90 Å². The van der Waals surface area contributed by atoms with Crippen LogP contribution in [0, 0.1) is 23.3 Å². The van der Waals surface area contributed by atoms with Crippen molar-refractivity contribution in [2.45, 2.75) is 0 Å². The highest BCUT2D eigenvalue weighted by Crippen LogP contribution is 2.35. The van der Waals surface area contributed by atoms with Gasteiger partial charge in [-0.2, -0.15) is 4.39 Å². The number of anilines is 1. The molecule has 0 saturated heterocycles. The van der Waals surface area contributed by atoms with Gasteiger partial charge < -0.3 is 4.90 Å². The molecule has 0 bridgehead atoms. The van der Waals surface area contributed by atoms with Crippen LogP contribution in [0.25, 0.3) is 5.83 Å². The molecule has 0 heterocycles. The van der Waals surface area contributed by atoms with Gasteiger partial charge in [-0.25, -0.2) is 22.0 Å². The van der Waals surface area contributed by atoms with Crippen molar-refractivity contribution in [2.24, 2.45) is 0 Å². The first-order chi connectivity index (χ1) is 8.20. The molecule has 0 aliphatic rings. The highest BCUT2D eigenvalue weighted by Gasteiger charge is 2.30. The SMILES string of the molecule is CN(C)c1c(F)c(F)c(/C(F)=C(/F)Cl)c(F)c1F. The molecule has 0 fully saturated rings. The van der Waals surface area contributed by atoms with E-state index in [1.165, 1.54) is 0 Å². The molecule has 0 aromatic heterocycles. The Morgan fingerprint density at radius 2 is 1.28 bits per heavy atom. The summed E-state index contributed by atoms with van der Waals surface area (Å²) in [6.07, 6.45) is 0. The molecule has 18 heavy (non-hydrogen) atoms. The molecular weight excluding hydrogens is 284 g/mol. The van der Waals surface area contributed by atoms with Crippen LogP contribution >= 0.6 is 11.6 Å². The summed E-state index contributed by atoms with van der Waals surface area (Å²) in [6, 6.07) is 0. The maximum Gasteiger partial charge on any atom is 0.225 e. The van der Waals surface area contributed by atoms with Crippen LogP contribution in [0.2, 0.25) is 0 Å². The van der Waals surface area contributed by atoms with E-state index in [1.807, 2.05) is 0 Å². The van der Waals surface area contributed by atoms with Gasteiger partial charge in [0.15, 0.2) is 29.1 Å². The molecule has 0 saturated carbocycles. The molecule has 0 aliphatic heterocycles. The first kappa shape index (κ1) is 14.7. The molecule has 100 valence electrons. The van der Waals surface area contributed by atoms with Crippen molar-refractivity contribution < 1.29 is 26.3 Å². The lowest BCUT2D eigenvalue weighted by atomic mass is 10.1. The fourth-order valence-electron chi connectivity index (χ4n) is 1.30. The van der Waals surface area contributed by atoms with Crippen LogP contribution in [0.5, 0.6) is 0 Å². The molecule has 0 aliphatic carbocycles. The van der Waals surface area contributed by atoms with Gasteiger partial charge >= 0.3 is 0 Å². The smallest absolute Gasteiger partial charge is 0.225 e. The largest absolute Gasteiger partial charge is 0.373 e. The second-order valence-corrected chi connectivity index (χ2v) is 3.78. The van der Waals surface area contributed by atoms with Crippen LogP contribution in [-0.2, 0) is 0 Å². The molecule has 8 heteroatoms. The average Bonchev–Trinajstić information content (AvgIpc) is 2.26. The van der Waals surface area contributed by atoms with Crippen molar-refractivity contribution in [3.05, 3.63) is 34.1 Å². The minimum Gasteiger partial charge on any atom is -0.373 e. The molecule has 0 atom stereocenters. The Morgan fingerprint density at radius 3 is 1.56 bits per heavy atom. The van der Waals surface area contributed by atoms with Crippen LogP contribution in [0.4, 0.5) is 32.0 Å². The zero-order chi connectivity index (χ0) is 14.2. The summed E-state index contributed by atoms with van der Waals surface area (Å²) in [6.45, 7) is 0. The number of hydrogen-bond donors (Lipinski definition) is 0. The molecule has 1 aromatic carbocycles. The Balaban J connectivity index is 3.75. The average molecular weight is 290 g/mol. The van der Waals surface area contributed by atoms with E-state index in [0.717, 1.165) is 19.0 Å². The Hall–Kier alpha value is -1.37. The zero-order valence-electron chi connectivity index (χ0n) is 9.09. The van der Waals surface area contributed by atoms with Gasteiger partial charge in [0.2, 0.25) is 5.29 Å². The van der Waals surface area contributed by atoms with Gasteiger partial charge in [-0.1, -0.05) is 0 Å². The number of hydrogen-bond acceptors (Lipinski definition) is 1. The summed E-state index contributed by atoms with van der Waals surface area (Å²) in [5, 5.41) is -2.11. The van der Waals surface area contributed by atoms with Crippen LogP contribution in [-0.4, -0.2) is 14.1 Å². The summed E-state index contributed by atoms with van der Waals surface area (Å²) in [5.74, 6) is -10.0. The van der Waals surface area contributed by atoms with Crippen molar-refractivity contribution in [3.63, 3.8) is 0 Å². The van der Waals surface area contributed by atoms with E-state index >= 15 is 0 Å².